The molecule has 3 aromatic rings. The number of hydrogen-bond acceptors (Lipinski definition) is 6. The highest BCUT2D eigenvalue weighted by molar-refractivity contribution is 5.91. The lowest BCUT2D eigenvalue weighted by molar-refractivity contribution is 0.506. The van der Waals surface area contributed by atoms with Gasteiger partial charge >= 0.3 is 0 Å². The van der Waals surface area contributed by atoms with Crippen molar-refractivity contribution in [3.63, 3.8) is 0 Å². The van der Waals surface area contributed by atoms with Gasteiger partial charge < -0.3 is 16.0 Å². The summed E-state index contributed by atoms with van der Waals surface area (Å²) in [5.41, 5.74) is 9.11. The number of nitrogens with two attached hydrogens (primary N) is 1. The number of nitrogens with one attached hydrogen (secondary N) is 1. The minimum absolute atomic E-state index is 0.222. The highest BCUT2D eigenvalue weighted by atomic mass is 15.2. The van der Waals surface area contributed by atoms with E-state index in [1.807, 2.05) is 36.7 Å². The van der Waals surface area contributed by atoms with Gasteiger partial charge in [0.15, 0.2) is 0 Å². The van der Waals surface area contributed by atoms with Crippen molar-refractivity contribution in [2.24, 2.45) is 5.73 Å². The highest BCUT2D eigenvalue weighted by Gasteiger charge is 2.19. The van der Waals surface area contributed by atoms with Crippen LogP contribution in [0.3, 0.4) is 0 Å². The predicted molar refractivity (Wildman–Crippen MR) is 96.5 cm³/mol. The van der Waals surface area contributed by atoms with Gasteiger partial charge in [0, 0.05) is 43.1 Å². The van der Waals surface area contributed by atoms with Gasteiger partial charge in [-0.2, -0.15) is 0 Å². The van der Waals surface area contributed by atoms with Crippen LogP contribution in [0.5, 0.6) is 0 Å². The summed E-state index contributed by atoms with van der Waals surface area (Å²) < 4.78 is 0. The Balaban J connectivity index is 1.70. The molecular weight excluding hydrogens is 300 g/mol. The number of aromatic nitrogens is 3. The van der Waals surface area contributed by atoms with Crippen LogP contribution in [0, 0.1) is 0 Å². The number of pyridine rings is 3. The maximum Gasteiger partial charge on any atom is 0.139 e. The number of hydrogen-bond donors (Lipinski definition) is 2. The summed E-state index contributed by atoms with van der Waals surface area (Å²) in [5, 5.41) is 4.42. The normalized spacial score (nSPS) is 17.9. The zero-order chi connectivity index (χ0) is 16.4. The van der Waals surface area contributed by atoms with Crippen molar-refractivity contribution in [1.29, 1.82) is 0 Å². The first-order valence-electron chi connectivity index (χ1n) is 8.22. The lowest BCUT2D eigenvalue weighted by Crippen LogP contribution is -2.43. The molecule has 3 aromatic heterocycles. The second-order valence-electron chi connectivity index (χ2n) is 6.10. The molecule has 1 saturated heterocycles. The van der Waals surface area contributed by atoms with Gasteiger partial charge in [-0.15, -0.1) is 0 Å². The summed E-state index contributed by atoms with van der Waals surface area (Å²) in [7, 11) is 0. The van der Waals surface area contributed by atoms with E-state index < -0.39 is 0 Å². The lowest BCUT2D eigenvalue weighted by atomic mass is 10.1. The van der Waals surface area contributed by atoms with Crippen LogP contribution in [0.1, 0.15) is 12.8 Å². The van der Waals surface area contributed by atoms with Gasteiger partial charge in [-0.25, -0.2) is 4.98 Å². The quantitative estimate of drug-likeness (QED) is 0.772. The molecule has 0 spiro atoms. The molecule has 0 radical (unpaired) electrons. The molecule has 3 N–H and O–H groups in total. The zero-order valence-electron chi connectivity index (χ0n) is 13.4. The van der Waals surface area contributed by atoms with Crippen molar-refractivity contribution in [3.05, 3.63) is 49.1 Å². The Kier molecular flexibility index (Phi) is 3.96. The summed E-state index contributed by atoms with van der Waals surface area (Å²) >= 11 is 0. The Hall–Kier alpha value is -2.73. The fourth-order valence-electron chi connectivity index (χ4n) is 3.22. The molecular formula is C18H20N6. The summed E-state index contributed by atoms with van der Waals surface area (Å²) in [4.78, 5) is 15.5. The van der Waals surface area contributed by atoms with Gasteiger partial charge in [-0.05, 0) is 37.1 Å². The first-order valence-corrected chi connectivity index (χ1v) is 8.22. The van der Waals surface area contributed by atoms with E-state index in [4.69, 9.17) is 5.73 Å². The fraction of sp³-hybridized carbons (Fsp3) is 0.278. The first kappa shape index (κ1) is 14.8. The molecule has 4 rings (SSSR count). The van der Waals surface area contributed by atoms with Crippen LogP contribution in [0.15, 0.2) is 49.1 Å². The van der Waals surface area contributed by atoms with E-state index in [2.05, 4.69) is 25.2 Å². The van der Waals surface area contributed by atoms with Crippen molar-refractivity contribution in [3.8, 4) is 0 Å². The number of fused-ring (bicyclic) bond motifs is 1. The third-order valence-corrected chi connectivity index (χ3v) is 4.38. The van der Waals surface area contributed by atoms with Crippen molar-refractivity contribution in [1.82, 2.24) is 15.0 Å². The van der Waals surface area contributed by atoms with Crippen LogP contribution in [0.2, 0.25) is 0 Å². The van der Waals surface area contributed by atoms with Crippen molar-refractivity contribution >= 4 is 28.1 Å². The Bertz CT molecular complexity index is 844. The van der Waals surface area contributed by atoms with Crippen LogP contribution >= 0.6 is 0 Å². The molecule has 24 heavy (non-hydrogen) atoms. The average molecular weight is 320 g/mol. The van der Waals surface area contributed by atoms with Crippen molar-refractivity contribution < 1.29 is 0 Å². The first-order chi connectivity index (χ1) is 11.8. The Morgan fingerprint density at radius 3 is 3.00 bits per heavy atom. The smallest absolute Gasteiger partial charge is 0.139 e. The molecule has 0 aliphatic carbocycles. The van der Waals surface area contributed by atoms with Crippen LogP contribution in [-0.4, -0.2) is 34.1 Å². The van der Waals surface area contributed by atoms with Crippen LogP contribution in [0.4, 0.5) is 17.2 Å². The summed E-state index contributed by atoms with van der Waals surface area (Å²) in [6.07, 6.45) is 9.41. The molecule has 0 aromatic carbocycles. The molecule has 0 amide bonds. The molecule has 6 nitrogen and oxygen atoms in total. The lowest BCUT2D eigenvalue weighted by Gasteiger charge is -2.33. The van der Waals surface area contributed by atoms with Crippen LogP contribution in [0.25, 0.3) is 10.9 Å². The van der Waals surface area contributed by atoms with E-state index in [0.717, 1.165) is 54.0 Å². The van der Waals surface area contributed by atoms with Gasteiger partial charge in [0.2, 0.25) is 0 Å². The minimum atomic E-state index is 0.222. The molecule has 0 saturated carbocycles. The maximum absolute atomic E-state index is 6.14. The monoisotopic (exact) mass is 320 g/mol. The second-order valence-corrected chi connectivity index (χ2v) is 6.10. The van der Waals surface area contributed by atoms with Gasteiger partial charge in [-0.1, -0.05) is 0 Å². The molecule has 122 valence electrons. The Labute approximate surface area is 140 Å². The Morgan fingerprint density at radius 1 is 1.12 bits per heavy atom. The molecule has 6 heteroatoms. The molecule has 0 unspecified atom stereocenters. The topological polar surface area (TPSA) is 80.0 Å². The van der Waals surface area contributed by atoms with E-state index in [0.29, 0.717) is 0 Å². The van der Waals surface area contributed by atoms with Crippen LogP contribution in [-0.2, 0) is 0 Å². The van der Waals surface area contributed by atoms with E-state index in [1.54, 1.807) is 12.4 Å². The van der Waals surface area contributed by atoms with Gasteiger partial charge in [0.25, 0.3) is 0 Å². The Morgan fingerprint density at radius 2 is 2.08 bits per heavy atom. The SMILES string of the molecule is N[C@H]1CCCN(c2ccncc2Nc2nccc3ncccc23)C1. The fourth-order valence-corrected chi connectivity index (χ4v) is 3.22. The van der Waals surface area contributed by atoms with Gasteiger partial charge in [0.05, 0.1) is 23.1 Å². The predicted octanol–water partition coefficient (Wildman–Crippen LogP) is 2.70. The molecule has 1 aliphatic heterocycles. The highest BCUT2D eigenvalue weighted by Crippen LogP contribution is 2.31. The molecule has 1 aliphatic rings. The van der Waals surface area contributed by atoms with E-state index >= 15 is 0 Å². The third kappa shape index (κ3) is 2.88. The molecule has 1 fully saturated rings. The van der Waals surface area contributed by atoms with Crippen molar-refractivity contribution in [2.45, 2.75) is 18.9 Å². The van der Waals surface area contributed by atoms with E-state index in [9.17, 15) is 0 Å². The number of nitrogens with zero attached hydrogens (tertiary/aromatic N) is 4. The van der Waals surface area contributed by atoms with E-state index in [-0.39, 0.29) is 6.04 Å². The second kappa shape index (κ2) is 6.41. The molecule has 1 atom stereocenters. The minimum Gasteiger partial charge on any atom is -0.368 e. The molecule has 0 bridgehead atoms. The maximum atomic E-state index is 6.14. The summed E-state index contributed by atoms with van der Waals surface area (Å²) in [5.74, 6) is 0.788. The third-order valence-electron chi connectivity index (χ3n) is 4.38. The largest absolute Gasteiger partial charge is 0.368 e. The van der Waals surface area contributed by atoms with Crippen molar-refractivity contribution in [2.75, 3.05) is 23.3 Å². The summed E-state index contributed by atoms with van der Waals surface area (Å²) in [6, 6.07) is 8.10. The molecule has 4 heterocycles. The number of rotatable bonds is 3. The average Bonchev–Trinajstić information content (AvgIpc) is 2.62. The van der Waals surface area contributed by atoms with Gasteiger partial charge in [-0.3, -0.25) is 9.97 Å². The van der Waals surface area contributed by atoms with E-state index in [1.165, 1.54) is 0 Å². The summed E-state index contributed by atoms with van der Waals surface area (Å²) in [6.45, 7) is 1.88. The van der Waals surface area contributed by atoms with Crippen LogP contribution < -0.4 is 16.0 Å². The standard InChI is InChI=1S/C18H20N6/c19-13-3-2-10-24(12-13)17-6-8-20-11-16(17)23-18-14-4-1-7-21-15(14)5-9-22-18/h1,4-9,11,13H,2-3,10,12,19H2,(H,22,23)/t13-/m0/s1. The number of anilines is 3. The van der Waals surface area contributed by atoms with Gasteiger partial charge in [0.1, 0.15) is 5.82 Å². The zero-order valence-corrected chi connectivity index (χ0v) is 13.4. The number of piperidine rings is 1.